The highest BCUT2D eigenvalue weighted by molar-refractivity contribution is 9.10. The first-order valence-electron chi connectivity index (χ1n) is 9.78. The van der Waals surface area contributed by atoms with E-state index in [1.54, 1.807) is 48.5 Å². The van der Waals surface area contributed by atoms with Gasteiger partial charge in [-0.1, -0.05) is 52.3 Å². The van der Waals surface area contributed by atoms with Crippen LogP contribution >= 0.6 is 15.9 Å². The zero-order valence-electron chi connectivity index (χ0n) is 16.5. The Labute approximate surface area is 186 Å². The van der Waals surface area contributed by atoms with E-state index in [2.05, 4.69) is 15.9 Å². The van der Waals surface area contributed by atoms with Crippen LogP contribution in [0.1, 0.15) is 43.9 Å². The lowest BCUT2D eigenvalue weighted by Crippen LogP contribution is -2.41. The zero-order chi connectivity index (χ0) is 22.0. The molecule has 1 aliphatic heterocycles. The number of amides is 2. The SMILES string of the molecule is O=C(CCCN1C(=O)c2cccc3cccc(c23)C1=O)OCC(=O)c1ccc(Br)cc1. The van der Waals surface area contributed by atoms with Gasteiger partial charge in [0.25, 0.3) is 11.8 Å². The van der Waals surface area contributed by atoms with Gasteiger partial charge < -0.3 is 4.74 Å². The van der Waals surface area contributed by atoms with Crippen molar-refractivity contribution in [2.24, 2.45) is 0 Å². The molecule has 2 amide bonds. The third kappa shape index (κ3) is 4.27. The Kier molecular flexibility index (Phi) is 5.95. The van der Waals surface area contributed by atoms with Crippen molar-refractivity contribution in [2.75, 3.05) is 13.2 Å². The smallest absolute Gasteiger partial charge is 0.306 e. The number of ketones is 1. The number of carbonyl (C=O) groups is 4. The molecule has 31 heavy (non-hydrogen) atoms. The number of halogens is 1. The largest absolute Gasteiger partial charge is 0.457 e. The summed E-state index contributed by atoms with van der Waals surface area (Å²) in [4.78, 5) is 50.9. The number of benzene rings is 3. The van der Waals surface area contributed by atoms with Gasteiger partial charge in [0.1, 0.15) is 0 Å². The summed E-state index contributed by atoms with van der Waals surface area (Å²) in [6, 6.07) is 17.5. The van der Waals surface area contributed by atoms with Crippen molar-refractivity contribution in [2.45, 2.75) is 12.8 Å². The third-order valence-electron chi connectivity index (χ3n) is 5.15. The predicted molar refractivity (Wildman–Crippen MR) is 118 cm³/mol. The van der Waals surface area contributed by atoms with Gasteiger partial charge in [0.05, 0.1) is 0 Å². The first kappa shape index (κ1) is 20.9. The van der Waals surface area contributed by atoms with Gasteiger partial charge in [0.2, 0.25) is 0 Å². The van der Waals surface area contributed by atoms with Gasteiger partial charge in [0, 0.05) is 39.5 Å². The van der Waals surface area contributed by atoms with Crippen LogP contribution in [0, 0.1) is 0 Å². The van der Waals surface area contributed by atoms with Crippen LogP contribution in [0.3, 0.4) is 0 Å². The lowest BCUT2D eigenvalue weighted by Gasteiger charge is -2.27. The molecule has 7 heteroatoms. The standard InChI is InChI=1S/C24H18BrNO5/c25-17-11-9-15(10-12-17)20(27)14-31-21(28)8-3-13-26-23(29)18-6-1-4-16-5-2-7-19(22(16)18)24(26)30/h1-2,4-7,9-12H,3,8,13-14H2. The Bertz CT molecular complexity index is 1150. The minimum absolute atomic E-state index is 0.00345. The van der Waals surface area contributed by atoms with Gasteiger partial charge in [0.15, 0.2) is 12.4 Å². The summed E-state index contributed by atoms with van der Waals surface area (Å²) in [6.07, 6.45) is 0.247. The lowest BCUT2D eigenvalue weighted by atomic mass is 9.94. The van der Waals surface area contributed by atoms with E-state index in [1.165, 1.54) is 0 Å². The number of carbonyl (C=O) groups excluding carboxylic acids is 4. The Morgan fingerprint density at radius 1 is 0.871 bits per heavy atom. The molecule has 3 aromatic carbocycles. The topological polar surface area (TPSA) is 80.8 Å². The number of esters is 1. The molecule has 0 saturated carbocycles. The summed E-state index contributed by atoms with van der Waals surface area (Å²) >= 11 is 3.30. The van der Waals surface area contributed by atoms with Crippen LogP contribution < -0.4 is 0 Å². The number of ether oxygens (including phenoxy) is 1. The maximum absolute atomic E-state index is 12.8. The molecule has 0 N–H and O–H groups in total. The monoisotopic (exact) mass is 479 g/mol. The Balaban J connectivity index is 1.33. The molecule has 3 aromatic rings. The minimum atomic E-state index is -0.551. The maximum atomic E-state index is 12.8. The van der Waals surface area contributed by atoms with E-state index >= 15 is 0 Å². The zero-order valence-corrected chi connectivity index (χ0v) is 18.1. The van der Waals surface area contributed by atoms with E-state index in [0.717, 1.165) is 14.8 Å². The van der Waals surface area contributed by atoms with Gasteiger partial charge in [-0.25, -0.2) is 0 Å². The number of hydrogen-bond donors (Lipinski definition) is 0. The highest BCUT2D eigenvalue weighted by Gasteiger charge is 2.32. The normalized spacial score (nSPS) is 12.9. The molecule has 0 aromatic heterocycles. The van der Waals surface area contributed by atoms with E-state index in [-0.39, 0.29) is 43.6 Å². The molecule has 1 aliphatic rings. The summed E-state index contributed by atoms with van der Waals surface area (Å²) in [5.74, 6) is -1.59. The Morgan fingerprint density at radius 2 is 1.48 bits per heavy atom. The Morgan fingerprint density at radius 3 is 2.10 bits per heavy atom. The second-order valence-electron chi connectivity index (χ2n) is 7.17. The summed E-state index contributed by atoms with van der Waals surface area (Å²) in [5.41, 5.74) is 1.42. The van der Waals surface area contributed by atoms with Crippen LogP contribution in [0.25, 0.3) is 10.8 Å². The molecule has 0 saturated heterocycles. The van der Waals surface area contributed by atoms with Gasteiger partial charge in [-0.05, 0) is 36.1 Å². The number of imide groups is 1. The summed E-state index contributed by atoms with van der Waals surface area (Å²) in [7, 11) is 0. The molecule has 0 aliphatic carbocycles. The third-order valence-corrected chi connectivity index (χ3v) is 5.68. The van der Waals surface area contributed by atoms with Crippen LogP contribution in [-0.2, 0) is 9.53 Å². The van der Waals surface area contributed by atoms with Crippen LogP contribution in [0.5, 0.6) is 0 Å². The van der Waals surface area contributed by atoms with Gasteiger partial charge in [-0.15, -0.1) is 0 Å². The highest BCUT2D eigenvalue weighted by atomic mass is 79.9. The first-order valence-corrected chi connectivity index (χ1v) is 10.6. The molecule has 0 radical (unpaired) electrons. The lowest BCUT2D eigenvalue weighted by molar-refractivity contribution is -0.142. The number of Topliss-reactive ketones (excluding diaryl/α,β-unsaturated/α-hetero) is 1. The molecule has 156 valence electrons. The fraction of sp³-hybridized carbons (Fsp3) is 0.167. The molecule has 6 nitrogen and oxygen atoms in total. The fourth-order valence-electron chi connectivity index (χ4n) is 3.60. The molecule has 4 rings (SSSR count). The molecule has 0 bridgehead atoms. The van der Waals surface area contributed by atoms with Crippen molar-refractivity contribution in [3.63, 3.8) is 0 Å². The summed E-state index contributed by atoms with van der Waals surface area (Å²) < 4.78 is 5.89. The second-order valence-corrected chi connectivity index (χ2v) is 8.08. The van der Waals surface area contributed by atoms with Gasteiger partial charge in [-0.3, -0.25) is 24.1 Å². The van der Waals surface area contributed by atoms with Gasteiger partial charge >= 0.3 is 5.97 Å². The van der Waals surface area contributed by atoms with Crippen molar-refractivity contribution < 1.29 is 23.9 Å². The molecular formula is C24H18BrNO5. The Hall–Kier alpha value is -3.32. The number of hydrogen-bond acceptors (Lipinski definition) is 5. The van der Waals surface area contributed by atoms with E-state index < -0.39 is 5.97 Å². The van der Waals surface area contributed by atoms with Crippen molar-refractivity contribution in [3.05, 3.63) is 81.8 Å². The molecular weight excluding hydrogens is 462 g/mol. The van der Waals surface area contributed by atoms with E-state index in [0.29, 0.717) is 22.1 Å². The van der Waals surface area contributed by atoms with Crippen molar-refractivity contribution in [1.82, 2.24) is 4.90 Å². The predicted octanol–water partition coefficient (Wildman–Crippen LogP) is 4.40. The van der Waals surface area contributed by atoms with E-state index in [9.17, 15) is 19.2 Å². The summed E-state index contributed by atoms with van der Waals surface area (Å²) in [5, 5.41) is 1.51. The van der Waals surface area contributed by atoms with E-state index in [1.807, 2.05) is 12.1 Å². The van der Waals surface area contributed by atoms with Crippen LogP contribution in [0.2, 0.25) is 0 Å². The fourth-order valence-corrected chi connectivity index (χ4v) is 3.87. The van der Waals surface area contributed by atoms with E-state index in [4.69, 9.17) is 4.74 Å². The van der Waals surface area contributed by atoms with Crippen LogP contribution in [0.4, 0.5) is 0 Å². The van der Waals surface area contributed by atoms with Crippen molar-refractivity contribution in [1.29, 1.82) is 0 Å². The molecule has 0 fully saturated rings. The molecule has 1 heterocycles. The second kappa shape index (κ2) is 8.81. The molecule has 0 spiro atoms. The summed E-state index contributed by atoms with van der Waals surface area (Å²) in [6.45, 7) is -0.254. The quantitative estimate of drug-likeness (QED) is 0.285. The highest BCUT2D eigenvalue weighted by Crippen LogP contribution is 2.30. The first-order chi connectivity index (χ1) is 15.0. The molecule has 0 unspecified atom stereocenters. The van der Waals surface area contributed by atoms with Crippen molar-refractivity contribution in [3.8, 4) is 0 Å². The van der Waals surface area contributed by atoms with Crippen molar-refractivity contribution >= 4 is 50.3 Å². The average Bonchev–Trinajstić information content (AvgIpc) is 2.78. The average molecular weight is 480 g/mol. The van der Waals surface area contributed by atoms with Gasteiger partial charge in [-0.2, -0.15) is 0 Å². The minimum Gasteiger partial charge on any atom is -0.457 e. The number of nitrogens with zero attached hydrogens (tertiary/aromatic N) is 1. The maximum Gasteiger partial charge on any atom is 0.306 e. The van der Waals surface area contributed by atoms with Crippen LogP contribution in [0.15, 0.2) is 65.1 Å². The molecule has 0 atom stereocenters. The van der Waals surface area contributed by atoms with Crippen LogP contribution in [-0.4, -0.2) is 41.6 Å². The number of rotatable bonds is 7.